The monoisotopic (exact) mass is 441 g/mol. The van der Waals surface area contributed by atoms with Gasteiger partial charge in [0.15, 0.2) is 0 Å². The molecule has 0 N–H and O–H groups in total. The summed E-state index contributed by atoms with van der Waals surface area (Å²) in [6.07, 6.45) is 7.40. The minimum atomic E-state index is -0.166. The number of hydrogen-bond donors (Lipinski definition) is 0. The van der Waals surface area contributed by atoms with Crippen molar-refractivity contribution in [3.05, 3.63) is 80.1 Å². The van der Waals surface area contributed by atoms with Crippen LogP contribution in [0.15, 0.2) is 69.0 Å². The van der Waals surface area contributed by atoms with Gasteiger partial charge in [0, 0.05) is 24.0 Å². The third-order valence-corrected chi connectivity index (χ3v) is 6.32. The van der Waals surface area contributed by atoms with Crippen molar-refractivity contribution < 1.29 is 14.3 Å². The first-order chi connectivity index (χ1) is 13.5. The average molecular weight is 442 g/mol. The van der Waals surface area contributed by atoms with E-state index in [2.05, 4.69) is 52.0 Å². The van der Waals surface area contributed by atoms with Crippen LogP contribution >= 0.6 is 15.9 Å². The predicted molar refractivity (Wildman–Crippen MR) is 113 cm³/mol. The molecular formula is C23H24BrNO3. The second-order valence-electron chi connectivity index (χ2n) is 7.34. The summed E-state index contributed by atoms with van der Waals surface area (Å²) in [6, 6.07) is 6.18. The summed E-state index contributed by atoms with van der Waals surface area (Å²) in [4.78, 5) is 14.0. The minimum Gasteiger partial charge on any atom is -0.489 e. The molecule has 3 aliphatic rings. The number of nitrogens with zero attached hydrogens (tertiary/aromatic N) is 1. The quantitative estimate of drug-likeness (QED) is 0.604. The van der Waals surface area contributed by atoms with Crippen molar-refractivity contribution in [3.8, 4) is 0 Å². The second kappa shape index (κ2) is 8.10. The van der Waals surface area contributed by atoms with Crippen molar-refractivity contribution in [3.63, 3.8) is 0 Å². The standard InChI is InChI=1S/C23H24BrNO3/c1-3-27-23(26)13-25-11-17-8-7-16-9-20(17)19(12-25)10-22(16)28-14-18-5-4-6-21(24)15(18)2/h4-8,10H,3,9,11-14H2,1-2H3. The van der Waals surface area contributed by atoms with Crippen LogP contribution in [0.2, 0.25) is 0 Å². The molecule has 28 heavy (non-hydrogen) atoms. The van der Waals surface area contributed by atoms with Crippen molar-refractivity contribution in [1.82, 2.24) is 4.90 Å². The number of allylic oxidation sites excluding steroid dienone is 3. The number of carbonyl (C=O) groups is 1. The second-order valence-corrected chi connectivity index (χ2v) is 8.19. The van der Waals surface area contributed by atoms with Gasteiger partial charge in [-0.2, -0.15) is 0 Å². The number of benzene rings is 1. The first-order valence-corrected chi connectivity index (χ1v) is 10.4. The van der Waals surface area contributed by atoms with Gasteiger partial charge in [0.2, 0.25) is 0 Å². The van der Waals surface area contributed by atoms with Crippen molar-refractivity contribution in [2.24, 2.45) is 0 Å². The van der Waals surface area contributed by atoms with Crippen LogP contribution in [-0.4, -0.2) is 37.1 Å². The smallest absolute Gasteiger partial charge is 0.320 e. The molecule has 146 valence electrons. The molecule has 4 nitrogen and oxygen atoms in total. The fourth-order valence-corrected chi connectivity index (χ4v) is 4.33. The van der Waals surface area contributed by atoms with E-state index in [9.17, 15) is 4.79 Å². The van der Waals surface area contributed by atoms with Gasteiger partial charge in [-0.25, -0.2) is 0 Å². The third kappa shape index (κ3) is 3.87. The van der Waals surface area contributed by atoms with E-state index in [0.717, 1.165) is 29.7 Å². The van der Waals surface area contributed by atoms with Crippen molar-refractivity contribution >= 4 is 21.9 Å². The molecule has 1 aromatic rings. The molecule has 0 amide bonds. The molecule has 2 bridgehead atoms. The van der Waals surface area contributed by atoms with Gasteiger partial charge in [0.05, 0.1) is 13.2 Å². The summed E-state index contributed by atoms with van der Waals surface area (Å²) in [5.41, 5.74) is 7.55. The highest BCUT2D eigenvalue weighted by atomic mass is 79.9. The van der Waals surface area contributed by atoms with Crippen molar-refractivity contribution in [2.75, 3.05) is 26.2 Å². The van der Waals surface area contributed by atoms with Gasteiger partial charge in [0.1, 0.15) is 12.4 Å². The summed E-state index contributed by atoms with van der Waals surface area (Å²) in [6.45, 7) is 6.76. The van der Waals surface area contributed by atoms with Crippen LogP contribution in [0.3, 0.4) is 0 Å². The molecule has 0 aromatic heterocycles. The molecule has 0 spiro atoms. The lowest BCUT2D eigenvalue weighted by Gasteiger charge is -2.35. The molecule has 1 aromatic carbocycles. The number of halogens is 1. The summed E-state index contributed by atoms with van der Waals surface area (Å²) < 4.78 is 12.5. The van der Waals surface area contributed by atoms with E-state index in [1.165, 1.54) is 33.4 Å². The van der Waals surface area contributed by atoms with E-state index in [-0.39, 0.29) is 5.97 Å². The molecule has 5 heteroatoms. The Morgan fingerprint density at radius 3 is 2.86 bits per heavy atom. The topological polar surface area (TPSA) is 38.8 Å². The van der Waals surface area contributed by atoms with Gasteiger partial charge >= 0.3 is 5.97 Å². The fourth-order valence-electron chi connectivity index (χ4n) is 3.92. The predicted octanol–water partition coefficient (Wildman–Crippen LogP) is 4.60. The lowest BCUT2D eigenvalue weighted by atomic mass is 9.81. The molecule has 0 atom stereocenters. The van der Waals surface area contributed by atoms with Crippen LogP contribution < -0.4 is 0 Å². The lowest BCUT2D eigenvalue weighted by molar-refractivity contribution is -0.144. The van der Waals surface area contributed by atoms with Crippen LogP contribution in [0.1, 0.15) is 24.5 Å². The van der Waals surface area contributed by atoms with Gasteiger partial charge in [-0.3, -0.25) is 9.69 Å². The maximum Gasteiger partial charge on any atom is 0.320 e. The highest BCUT2D eigenvalue weighted by Crippen LogP contribution is 2.39. The largest absolute Gasteiger partial charge is 0.489 e. The Morgan fingerprint density at radius 1 is 1.21 bits per heavy atom. The maximum absolute atomic E-state index is 11.9. The molecule has 1 aliphatic heterocycles. The Labute approximate surface area is 174 Å². The molecule has 0 radical (unpaired) electrons. The van der Waals surface area contributed by atoms with E-state index in [4.69, 9.17) is 9.47 Å². The number of carbonyl (C=O) groups excluding carboxylic acids is 1. The van der Waals surface area contributed by atoms with E-state index in [0.29, 0.717) is 19.8 Å². The Morgan fingerprint density at radius 2 is 2.04 bits per heavy atom. The zero-order chi connectivity index (χ0) is 19.7. The minimum absolute atomic E-state index is 0.166. The SMILES string of the molecule is CCOC(=O)CN1CC2=CC(OCc3cccc(Br)c3C)=C3C=CC(=C2C3)C1. The highest BCUT2D eigenvalue weighted by Gasteiger charge is 2.29. The summed E-state index contributed by atoms with van der Waals surface area (Å²) in [5, 5.41) is 0. The van der Waals surface area contributed by atoms with Crippen LogP contribution in [0.5, 0.6) is 0 Å². The molecular weight excluding hydrogens is 418 g/mol. The molecule has 2 aliphatic carbocycles. The number of ether oxygens (including phenoxy) is 2. The summed E-state index contributed by atoms with van der Waals surface area (Å²) >= 11 is 3.59. The number of esters is 1. The molecule has 1 heterocycles. The molecule has 0 unspecified atom stereocenters. The van der Waals surface area contributed by atoms with Crippen LogP contribution in [0.4, 0.5) is 0 Å². The van der Waals surface area contributed by atoms with Crippen LogP contribution in [0, 0.1) is 6.92 Å². The first kappa shape index (κ1) is 19.2. The number of rotatable bonds is 6. The van der Waals surface area contributed by atoms with Crippen molar-refractivity contribution in [2.45, 2.75) is 26.9 Å². The van der Waals surface area contributed by atoms with E-state index >= 15 is 0 Å². The maximum atomic E-state index is 11.9. The molecule has 0 saturated carbocycles. The average Bonchev–Trinajstić information content (AvgIpc) is 2.68. The Hall–Kier alpha value is -2.11. The molecule has 0 fully saturated rings. The molecule has 0 saturated heterocycles. The highest BCUT2D eigenvalue weighted by molar-refractivity contribution is 9.10. The Balaban J connectivity index is 1.51. The van der Waals surface area contributed by atoms with Crippen LogP contribution in [-0.2, 0) is 20.9 Å². The molecule has 4 rings (SSSR count). The lowest BCUT2D eigenvalue weighted by Crippen LogP contribution is -2.38. The number of fused-ring (bicyclic) bond motifs is 1. The van der Waals surface area contributed by atoms with E-state index in [1.807, 2.05) is 19.1 Å². The van der Waals surface area contributed by atoms with Crippen molar-refractivity contribution in [1.29, 1.82) is 0 Å². The normalized spacial score (nSPS) is 18.3. The zero-order valence-corrected chi connectivity index (χ0v) is 17.8. The van der Waals surface area contributed by atoms with Gasteiger partial charge in [-0.1, -0.05) is 40.2 Å². The number of hydrogen-bond acceptors (Lipinski definition) is 4. The van der Waals surface area contributed by atoms with E-state index in [1.54, 1.807) is 0 Å². The summed E-state index contributed by atoms with van der Waals surface area (Å²) in [7, 11) is 0. The summed E-state index contributed by atoms with van der Waals surface area (Å²) in [5.74, 6) is 0.770. The Kier molecular flexibility index (Phi) is 5.56. The first-order valence-electron chi connectivity index (χ1n) is 9.64. The fraction of sp³-hybridized carbons (Fsp3) is 0.348. The van der Waals surface area contributed by atoms with Gasteiger partial charge < -0.3 is 9.47 Å². The van der Waals surface area contributed by atoms with E-state index < -0.39 is 0 Å². The zero-order valence-electron chi connectivity index (χ0n) is 16.3. The Bertz CT molecular complexity index is 939. The third-order valence-electron chi connectivity index (χ3n) is 5.46. The van der Waals surface area contributed by atoms with Gasteiger partial charge in [-0.15, -0.1) is 0 Å². The van der Waals surface area contributed by atoms with Gasteiger partial charge in [0.25, 0.3) is 0 Å². The van der Waals surface area contributed by atoms with Gasteiger partial charge in [-0.05, 0) is 59.4 Å². The van der Waals surface area contributed by atoms with Crippen LogP contribution in [0.25, 0.3) is 0 Å².